The van der Waals surface area contributed by atoms with E-state index in [2.05, 4.69) is 0 Å². The highest BCUT2D eigenvalue weighted by Gasteiger charge is 2.33. The highest BCUT2D eigenvalue weighted by molar-refractivity contribution is 7.91. The third kappa shape index (κ3) is 1.68. The van der Waals surface area contributed by atoms with Crippen molar-refractivity contribution in [1.82, 2.24) is 0 Å². The van der Waals surface area contributed by atoms with Crippen molar-refractivity contribution in [3.8, 4) is 0 Å². The zero-order chi connectivity index (χ0) is 11.2. The average Bonchev–Trinajstić information content (AvgIpc) is 2.13. The van der Waals surface area contributed by atoms with Gasteiger partial charge < -0.3 is 5.73 Å². The number of benzene rings is 1. The molecule has 1 heterocycles. The molecule has 0 radical (unpaired) electrons. The summed E-state index contributed by atoms with van der Waals surface area (Å²) >= 11 is 0. The molecule has 0 amide bonds. The highest BCUT2D eigenvalue weighted by atomic mass is 32.2. The van der Waals surface area contributed by atoms with E-state index in [0.717, 1.165) is 11.1 Å². The Morgan fingerprint density at radius 2 is 2.07 bits per heavy atom. The van der Waals surface area contributed by atoms with Gasteiger partial charge in [-0.05, 0) is 24.5 Å². The van der Waals surface area contributed by atoms with Crippen molar-refractivity contribution in [2.24, 2.45) is 11.7 Å². The summed E-state index contributed by atoms with van der Waals surface area (Å²) in [6.45, 7) is 3.83. The van der Waals surface area contributed by atoms with E-state index in [1.165, 1.54) is 0 Å². The maximum atomic E-state index is 11.9. The number of fused-ring (bicyclic) bond motifs is 1. The van der Waals surface area contributed by atoms with Crippen LogP contribution in [0.2, 0.25) is 0 Å². The minimum absolute atomic E-state index is 0.00991. The molecule has 0 aromatic heterocycles. The van der Waals surface area contributed by atoms with Gasteiger partial charge in [0.25, 0.3) is 0 Å². The first-order chi connectivity index (χ1) is 6.92. The Hall–Kier alpha value is -0.870. The first-order valence-electron chi connectivity index (χ1n) is 5.01. The van der Waals surface area contributed by atoms with Gasteiger partial charge in [0.15, 0.2) is 9.84 Å². The van der Waals surface area contributed by atoms with Gasteiger partial charge in [0.05, 0.1) is 10.6 Å². The van der Waals surface area contributed by atoms with Gasteiger partial charge in [0.2, 0.25) is 0 Å². The van der Waals surface area contributed by atoms with Gasteiger partial charge in [-0.3, -0.25) is 0 Å². The fourth-order valence-corrected chi connectivity index (χ4v) is 3.97. The van der Waals surface area contributed by atoms with Crippen LogP contribution in [0.4, 0.5) is 0 Å². The Balaban J connectivity index is 2.70. The topological polar surface area (TPSA) is 60.2 Å². The molecule has 2 atom stereocenters. The number of aryl methyl sites for hydroxylation is 1. The maximum Gasteiger partial charge on any atom is 0.179 e. The molecule has 0 fully saturated rings. The van der Waals surface area contributed by atoms with Crippen LogP contribution in [0.25, 0.3) is 0 Å². The van der Waals surface area contributed by atoms with E-state index in [-0.39, 0.29) is 17.7 Å². The summed E-state index contributed by atoms with van der Waals surface area (Å²) in [5, 5.41) is 0. The lowest BCUT2D eigenvalue weighted by molar-refractivity contribution is 0.478. The van der Waals surface area contributed by atoms with E-state index < -0.39 is 9.84 Å². The van der Waals surface area contributed by atoms with Crippen LogP contribution < -0.4 is 5.73 Å². The predicted molar refractivity (Wildman–Crippen MR) is 59.3 cm³/mol. The minimum atomic E-state index is -3.12. The number of sulfone groups is 1. The van der Waals surface area contributed by atoms with E-state index in [1.54, 1.807) is 6.07 Å². The fraction of sp³-hybridized carbons (Fsp3) is 0.455. The van der Waals surface area contributed by atoms with Crippen LogP contribution in [-0.2, 0) is 9.84 Å². The number of rotatable bonds is 0. The smallest absolute Gasteiger partial charge is 0.179 e. The fourth-order valence-electron chi connectivity index (χ4n) is 2.06. The third-order valence-electron chi connectivity index (χ3n) is 2.95. The number of nitrogens with two attached hydrogens (primary N) is 1. The van der Waals surface area contributed by atoms with Gasteiger partial charge in [-0.25, -0.2) is 8.42 Å². The van der Waals surface area contributed by atoms with E-state index in [1.807, 2.05) is 26.0 Å². The van der Waals surface area contributed by atoms with Crippen molar-refractivity contribution >= 4 is 9.84 Å². The van der Waals surface area contributed by atoms with E-state index in [4.69, 9.17) is 5.73 Å². The molecular weight excluding hydrogens is 210 g/mol. The molecule has 0 bridgehead atoms. The van der Waals surface area contributed by atoms with Gasteiger partial charge in [-0.2, -0.15) is 0 Å². The zero-order valence-corrected chi connectivity index (χ0v) is 9.71. The molecule has 1 aliphatic rings. The molecule has 2 unspecified atom stereocenters. The van der Waals surface area contributed by atoms with Crippen LogP contribution in [0, 0.1) is 12.8 Å². The molecule has 0 saturated carbocycles. The van der Waals surface area contributed by atoms with Crippen molar-refractivity contribution in [1.29, 1.82) is 0 Å². The van der Waals surface area contributed by atoms with Crippen LogP contribution in [-0.4, -0.2) is 14.2 Å². The summed E-state index contributed by atoms with van der Waals surface area (Å²) in [5.74, 6) is 0.147. The SMILES string of the molecule is Cc1ccc2c(c1)C(N)C(C)CS2(=O)=O. The summed E-state index contributed by atoms with van der Waals surface area (Å²) in [6.07, 6.45) is 0. The monoisotopic (exact) mass is 225 g/mol. The molecule has 0 spiro atoms. The van der Waals surface area contributed by atoms with E-state index in [9.17, 15) is 8.42 Å². The molecule has 4 heteroatoms. The van der Waals surface area contributed by atoms with Gasteiger partial charge >= 0.3 is 0 Å². The van der Waals surface area contributed by atoms with Crippen LogP contribution >= 0.6 is 0 Å². The molecule has 0 aliphatic carbocycles. The summed E-state index contributed by atoms with van der Waals surface area (Å²) < 4.78 is 23.8. The maximum absolute atomic E-state index is 11.9. The van der Waals surface area contributed by atoms with Crippen LogP contribution in [0.5, 0.6) is 0 Å². The van der Waals surface area contributed by atoms with Crippen molar-refractivity contribution in [2.45, 2.75) is 24.8 Å². The quantitative estimate of drug-likeness (QED) is 0.726. The molecule has 1 aromatic rings. The molecule has 2 rings (SSSR count). The lowest BCUT2D eigenvalue weighted by atomic mass is 9.95. The second-order valence-corrected chi connectivity index (χ2v) is 6.33. The summed E-state index contributed by atoms with van der Waals surface area (Å²) in [4.78, 5) is 0.415. The molecule has 0 saturated heterocycles. The Morgan fingerprint density at radius 1 is 1.40 bits per heavy atom. The first-order valence-corrected chi connectivity index (χ1v) is 6.66. The van der Waals surface area contributed by atoms with Gasteiger partial charge in [-0.1, -0.05) is 24.6 Å². The van der Waals surface area contributed by atoms with Crippen LogP contribution in [0.1, 0.15) is 24.1 Å². The Morgan fingerprint density at radius 3 is 2.73 bits per heavy atom. The molecule has 3 nitrogen and oxygen atoms in total. The summed E-state index contributed by atoms with van der Waals surface area (Å²) in [7, 11) is -3.12. The number of hydrogen-bond acceptors (Lipinski definition) is 3. The van der Waals surface area contributed by atoms with Gasteiger partial charge in [0.1, 0.15) is 0 Å². The van der Waals surface area contributed by atoms with Crippen LogP contribution in [0.3, 0.4) is 0 Å². The molecular formula is C11H15NO2S. The molecule has 15 heavy (non-hydrogen) atoms. The minimum Gasteiger partial charge on any atom is -0.324 e. The van der Waals surface area contributed by atoms with E-state index in [0.29, 0.717) is 4.90 Å². The van der Waals surface area contributed by atoms with Crippen molar-refractivity contribution < 1.29 is 8.42 Å². The van der Waals surface area contributed by atoms with Gasteiger partial charge in [0, 0.05) is 6.04 Å². The average molecular weight is 225 g/mol. The standard InChI is InChI=1S/C11H15NO2S/c1-7-3-4-10-9(5-7)11(12)8(2)6-15(10,13)14/h3-5,8,11H,6,12H2,1-2H3. The zero-order valence-electron chi connectivity index (χ0n) is 8.90. The van der Waals surface area contributed by atoms with Crippen LogP contribution in [0.15, 0.2) is 23.1 Å². The Labute approximate surface area is 90.2 Å². The third-order valence-corrected chi connectivity index (χ3v) is 4.96. The van der Waals surface area contributed by atoms with Crippen molar-refractivity contribution in [3.05, 3.63) is 29.3 Å². The van der Waals surface area contributed by atoms with E-state index >= 15 is 0 Å². The first kappa shape index (κ1) is 10.6. The Bertz CT molecular complexity index is 493. The normalized spacial score (nSPS) is 28.5. The molecule has 1 aromatic carbocycles. The highest BCUT2D eigenvalue weighted by Crippen LogP contribution is 2.34. The second kappa shape index (κ2) is 3.32. The largest absolute Gasteiger partial charge is 0.324 e. The predicted octanol–water partition coefficient (Wildman–Crippen LogP) is 1.42. The van der Waals surface area contributed by atoms with Crippen molar-refractivity contribution in [3.63, 3.8) is 0 Å². The Kier molecular flexibility index (Phi) is 2.35. The molecule has 2 N–H and O–H groups in total. The van der Waals surface area contributed by atoms with Gasteiger partial charge in [-0.15, -0.1) is 0 Å². The molecule has 82 valence electrons. The number of hydrogen-bond donors (Lipinski definition) is 1. The summed E-state index contributed by atoms with van der Waals surface area (Å²) in [6, 6.07) is 5.21. The lowest BCUT2D eigenvalue weighted by Crippen LogP contribution is -2.32. The lowest BCUT2D eigenvalue weighted by Gasteiger charge is -2.28. The molecule has 1 aliphatic heterocycles. The summed E-state index contributed by atoms with van der Waals surface area (Å²) in [5.41, 5.74) is 7.84. The van der Waals surface area contributed by atoms with Crippen molar-refractivity contribution in [2.75, 3.05) is 5.75 Å². The second-order valence-electron chi connectivity index (χ2n) is 4.33.